The van der Waals surface area contributed by atoms with Gasteiger partial charge < -0.3 is 10.1 Å². The van der Waals surface area contributed by atoms with Crippen LogP contribution in [0.4, 0.5) is 0 Å². The number of benzene rings is 1. The second-order valence-electron chi connectivity index (χ2n) is 4.72. The predicted molar refractivity (Wildman–Crippen MR) is 81.3 cm³/mol. The lowest BCUT2D eigenvalue weighted by atomic mass is 10.1. The highest BCUT2D eigenvalue weighted by atomic mass is 79.9. The fourth-order valence-electron chi connectivity index (χ4n) is 1.78. The second-order valence-corrected chi connectivity index (χ2v) is 5.64. The number of aryl methyl sites for hydroxylation is 1. The molecule has 18 heavy (non-hydrogen) atoms. The van der Waals surface area contributed by atoms with E-state index in [1.807, 2.05) is 0 Å². The zero-order valence-electron chi connectivity index (χ0n) is 11.8. The average molecular weight is 314 g/mol. The SMILES string of the molecule is CCCNCc1cc(Br)cc(C)c1OC(C)CC. The van der Waals surface area contributed by atoms with E-state index in [2.05, 4.69) is 61.1 Å². The van der Waals surface area contributed by atoms with E-state index >= 15 is 0 Å². The summed E-state index contributed by atoms with van der Waals surface area (Å²) in [5.41, 5.74) is 2.42. The second kappa shape index (κ2) is 7.80. The maximum Gasteiger partial charge on any atom is 0.127 e. The van der Waals surface area contributed by atoms with Crippen molar-refractivity contribution in [2.24, 2.45) is 0 Å². The Bertz CT molecular complexity index is 379. The van der Waals surface area contributed by atoms with Crippen LogP contribution < -0.4 is 10.1 Å². The first kappa shape index (κ1) is 15.5. The summed E-state index contributed by atoms with van der Waals surface area (Å²) >= 11 is 3.56. The van der Waals surface area contributed by atoms with Crippen LogP contribution in [-0.2, 0) is 6.54 Å². The number of hydrogen-bond donors (Lipinski definition) is 1. The van der Waals surface area contributed by atoms with Crippen LogP contribution in [0.25, 0.3) is 0 Å². The van der Waals surface area contributed by atoms with Gasteiger partial charge in [0.15, 0.2) is 0 Å². The van der Waals surface area contributed by atoms with Gasteiger partial charge in [0.1, 0.15) is 5.75 Å². The molecule has 3 heteroatoms. The summed E-state index contributed by atoms with van der Waals surface area (Å²) in [4.78, 5) is 0. The van der Waals surface area contributed by atoms with Gasteiger partial charge in [0.2, 0.25) is 0 Å². The lowest BCUT2D eigenvalue weighted by Gasteiger charge is -2.19. The van der Waals surface area contributed by atoms with Gasteiger partial charge in [-0.05, 0) is 50.9 Å². The lowest BCUT2D eigenvalue weighted by Crippen LogP contribution is -2.17. The Hall–Kier alpha value is -0.540. The first-order valence-electron chi connectivity index (χ1n) is 6.74. The zero-order chi connectivity index (χ0) is 13.5. The van der Waals surface area contributed by atoms with Crippen molar-refractivity contribution in [3.8, 4) is 5.75 Å². The maximum absolute atomic E-state index is 6.05. The van der Waals surface area contributed by atoms with Crippen molar-refractivity contribution in [3.05, 3.63) is 27.7 Å². The molecule has 0 fully saturated rings. The molecule has 0 saturated heterocycles. The summed E-state index contributed by atoms with van der Waals surface area (Å²) in [7, 11) is 0. The molecular formula is C15H24BrNO. The van der Waals surface area contributed by atoms with Crippen molar-refractivity contribution in [2.75, 3.05) is 6.54 Å². The molecule has 1 N–H and O–H groups in total. The van der Waals surface area contributed by atoms with Crippen molar-refractivity contribution in [1.82, 2.24) is 5.32 Å². The lowest BCUT2D eigenvalue weighted by molar-refractivity contribution is 0.213. The minimum atomic E-state index is 0.259. The van der Waals surface area contributed by atoms with Gasteiger partial charge in [-0.3, -0.25) is 0 Å². The van der Waals surface area contributed by atoms with E-state index < -0.39 is 0 Å². The zero-order valence-corrected chi connectivity index (χ0v) is 13.4. The van der Waals surface area contributed by atoms with Gasteiger partial charge >= 0.3 is 0 Å². The monoisotopic (exact) mass is 313 g/mol. The minimum absolute atomic E-state index is 0.259. The highest BCUT2D eigenvalue weighted by Gasteiger charge is 2.11. The summed E-state index contributed by atoms with van der Waals surface area (Å²) in [5, 5.41) is 3.44. The van der Waals surface area contributed by atoms with E-state index in [4.69, 9.17) is 4.74 Å². The molecule has 102 valence electrons. The molecule has 0 radical (unpaired) electrons. The molecule has 0 bridgehead atoms. The Balaban J connectivity index is 2.89. The Morgan fingerprint density at radius 3 is 2.67 bits per heavy atom. The third-order valence-electron chi connectivity index (χ3n) is 2.95. The van der Waals surface area contributed by atoms with E-state index in [1.54, 1.807) is 0 Å². The van der Waals surface area contributed by atoms with Crippen LogP contribution in [-0.4, -0.2) is 12.6 Å². The number of ether oxygens (including phenoxy) is 1. The number of halogens is 1. The number of rotatable bonds is 7. The van der Waals surface area contributed by atoms with E-state index in [1.165, 1.54) is 11.1 Å². The maximum atomic E-state index is 6.05. The topological polar surface area (TPSA) is 21.3 Å². The molecule has 0 amide bonds. The highest BCUT2D eigenvalue weighted by molar-refractivity contribution is 9.10. The van der Waals surface area contributed by atoms with Gasteiger partial charge in [0, 0.05) is 16.6 Å². The van der Waals surface area contributed by atoms with Crippen LogP contribution in [0.1, 0.15) is 44.7 Å². The van der Waals surface area contributed by atoms with Crippen LogP contribution in [0.3, 0.4) is 0 Å². The molecule has 0 saturated carbocycles. The molecule has 0 spiro atoms. The Kier molecular flexibility index (Phi) is 6.72. The van der Waals surface area contributed by atoms with Crippen molar-refractivity contribution in [1.29, 1.82) is 0 Å². The van der Waals surface area contributed by atoms with Crippen molar-refractivity contribution < 1.29 is 4.74 Å². The molecule has 0 aliphatic rings. The van der Waals surface area contributed by atoms with Gasteiger partial charge in [-0.1, -0.05) is 29.8 Å². The largest absolute Gasteiger partial charge is 0.490 e. The smallest absolute Gasteiger partial charge is 0.127 e. The van der Waals surface area contributed by atoms with E-state index in [-0.39, 0.29) is 6.10 Å². The van der Waals surface area contributed by atoms with E-state index in [0.29, 0.717) is 0 Å². The summed E-state index contributed by atoms with van der Waals surface area (Å²) in [6.07, 6.45) is 2.43. The standard InChI is InChI=1S/C15H24BrNO/c1-5-7-17-10-13-9-14(16)8-11(3)15(13)18-12(4)6-2/h8-9,12,17H,5-7,10H2,1-4H3. The normalized spacial score (nSPS) is 12.5. The first-order chi connectivity index (χ1) is 8.58. The van der Waals surface area contributed by atoms with Gasteiger partial charge in [0.25, 0.3) is 0 Å². The quantitative estimate of drug-likeness (QED) is 0.752. The minimum Gasteiger partial charge on any atom is -0.490 e. The number of hydrogen-bond acceptors (Lipinski definition) is 2. The Morgan fingerprint density at radius 1 is 1.33 bits per heavy atom. The van der Waals surface area contributed by atoms with E-state index in [9.17, 15) is 0 Å². The summed E-state index contributed by atoms with van der Waals surface area (Å²) in [6, 6.07) is 4.26. The van der Waals surface area contributed by atoms with E-state index in [0.717, 1.165) is 36.2 Å². The van der Waals surface area contributed by atoms with Crippen LogP contribution in [0.2, 0.25) is 0 Å². The molecule has 0 aliphatic carbocycles. The molecule has 2 nitrogen and oxygen atoms in total. The molecule has 1 aromatic carbocycles. The third kappa shape index (κ3) is 4.62. The summed E-state index contributed by atoms with van der Waals surface area (Å²) in [5.74, 6) is 1.04. The van der Waals surface area contributed by atoms with Gasteiger partial charge in [0.05, 0.1) is 6.10 Å². The molecule has 0 aliphatic heterocycles. The van der Waals surface area contributed by atoms with Crippen LogP contribution in [0.15, 0.2) is 16.6 Å². The summed E-state index contributed by atoms with van der Waals surface area (Å²) < 4.78 is 7.17. The van der Waals surface area contributed by atoms with Gasteiger partial charge in [-0.2, -0.15) is 0 Å². The Morgan fingerprint density at radius 2 is 2.06 bits per heavy atom. The summed E-state index contributed by atoms with van der Waals surface area (Å²) in [6.45, 7) is 10.4. The van der Waals surface area contributed by atoms with Gasteiger partial charge in [-0.15, -0.1) is 0 Å². The van der Waals surface area contributed by atoms with Crippen molar-refractivity contribution in [3.63, 3.8) is 0 Å². The first-order valence-corrected chi connectivity index (χ1v) is 7.54. The fraction of sp³-hybridized carbons (Fsp3) is 0.600. The molecule has 1 rings (SSSR count). The van der Waals surface area contributed by atoms with Crippen LogP contribution in [0, 0.1) is 6.92 Å². The highest BCUT2D eigenvalue weighted by Crippen LogP contribution is 2.29. The van der Waals surface area contributed by atoms with Crippen molar-refractivity contribution in [2.45, 2.75) is 53.2 Å². The average Bonchev–Trinajstić information content (AvgIpc) is 2.33. The fourth-order valence-corrected chi connectivity index (χ4v) is 2.40. The van der Waals surface area contributed by atoms with Crippen LogP contribution in [0.5, 0.6) is 5.75 Å². The molecule has 1 unspecified atom stereocenters. The molecule has 0 heterocycles. The van der Waals surface area contributed by atoms with Crippen LogP contribution >= 0.6 is 15.9 Å². The number of nitrogens with one attached hydrogen (secondary N) is 1. The molecule has 1 aromatic rings. The molecule has 1 atom stereocenters. The molecular weight excluding hydrogens is 290 g/mol. The predicted octanol–water partition coefficient (Wildman–Crippen LogP) is 4.43. The molecule has 0 aromatic heterocycles. The van der Waals surface area contributed by atoms with Gasteiger partial charge in [-0.25, -0.2) is 0 Å². The Labute approximate surface area is 119 Å². The van der Waals surface area contributed by atoms with Crippen molar-refractivity contribution >= 4 is 15.9 Å². The third-order valence-corrected chi connectivity index (χ3v) is 3.41.